The van der Waals surface area contributed by atoms with Crippen molar-refractivity contribution in [3.63, 3.8) is 0 Å². The van der Waals surface area contributed by atoms with Crippen LogP contribution in [-0.4, -0.2) is 31.7 Å². The molecule has 2 unspecified atom stereocenters. The van der Waals surface area contributed by atoms with Gasteiger partial charge < -0.3 is 5.73 Å². The Labute approximate surface area is 81.1 Å². The zero-order valence-corrected chi connectivity index (χ0v) is 8.37. The number of tetrazole rings is 1. The minimum absolute atomic E-state index is 0.0828. The molecule has 1 aromatic rings. The lowest BCUT2D eigenvalue weighted by atomic mass is 10.2. The Bertz CT molecular complexity index is 278. The first-order chi connectivity index (χ1) is 6.29. The maximum absolute atomic E-state index is 5.76. The van der Waals surface area contributed by atoms with E-state index in [1.807, 2.05) is 23.4 Å². The van der Waals surface area contributed by atoms with Crippen molar-refractivity contribution in [2.24, 2.45) is 5.73 Å². The summed E-state index contributed by atoms with van der Waals surface area (Å²) in [5.41, 5.74) is 5.76. The maximum atomic E-state index is 5.76. The zero-order valence-electron chi connectivity index (χ0n) is 7.55. The molecule has 0 radical (unpaired) electrons. The maximum Gasteiger partial charge on any atom is 0.168 e. The first kappa shape index (κ1) is 8.96. The van der Waals surface area contributed by atoms with E-state index in [4.69, 9.17) is 5.73 Å². The second kappa shape index (κ2) is 3.63. The van der Waals surface area contributed by atoms with Gasteiger partial charge in [-0.25, -0.2) is 4.68 Å². The molecule has 6 heteroatoms. The van der Waals surface area contributed by atoms with Gasteiger partial charge in [-0.05, 0) is 29.5 Å². The molecule has 13 heavy (non-hydrogen) atoms. The molecule has 0 aliphatic carbocycles. The second-order valence-electron chi connectivity index (χ2n) is 3.29. The average molecular weight is 199 g/mol. The van der Waals surface area contributed by atoms with Crippen molar-refractivity contribution in [2.45, 2.75) is 25.4 Å². The summed E-state index contributed by atoms with van der Waals surface area (Å²) in [4.78, 5) is 0. The minimum Gasteiger partial charge on any atom is -0.322 e. The zero-order chi connectivity index (χ0) is 9.26. The van der Waals surface area contributed by atoms with Crippen molar-refractivity contribution in [2.75, 3.05) is 11.5 Å². The third kappa shape index (κ3) is 1.68. The fourth-order valence-corrected chi connectivity index (χ4v) is 2.66. The van der Waals surface area contributed by atoms with Gasteiger partial charge in [-0.2, -0.15) is 11.8 Å². The number of nitrogens with two attached hydrogens (primary N) is 1. The smallest absolute Gasteiger partial charge is 0.168 e. The Hall–Kier alpha value is -0.620. The van der Waals surface area contributed by atoms with Crippen molar-refractivity contribution in [3.8, 4) is 0 Å². The average Bonchev–Trinajstić information content (AvgIpc) is 2.74. The molecule has 1 aliphatic rings. The molecule has 1 aliphatic heterocycles. The SMILES string of the molecule is CC(N)c1nnnn1C1CCSC1. The lowest BCUT2D eigenvalue weighted by Crippen LogP contribution is -2.18. The van der Waals surface area contributed by atoms with Crippen molar-refractivity contribution in [1.82, 2.24) is 20.2 Å². The molecule has 72 valence electrons. The van der Waals surface area contributed by atoms with Gasteiger partial charge in [-0.15, -0.1) is 5.10 Å². The molecule has 1 saturated heterocycles. The lowest BCUT2D eigenvalue weighted by molar-refractivity contribution is 0.457. The summed E-state index contributed by atoms with van der Waals surface area (Å²) in [5, 5.41) is 11.6. The highest BCUT2D eigenvalue weighted by atomic mass is 32.2. The van der Waals surface area contributed by atoms with Crippen LogP contribution in [0.3, 0.4) is 0 Å². The van der Waals surface area contributed by atoms with Crippen LogP contribution in [0.15, 0.2) is 0 Å². The van der Waals surface area contributed by atoms with Crippen molar-refractivity contribution in [1.29, 1.82) is 0 Å². The van der Waals surface area contributed by atoms with Gasteiger partial charge in [0.25, 0.3) is 0 Å². The number of hydrogen-bond donors (Lipinski definition) is 1. The Morgan fingerprint density at radius 3 is 3.15 bits per heavy atom. The van der Waals surface area contributed by atoms with E-state index in [2.05, 4.69) is 15.5 Å². The molecule has 0 aromatic carbocycles. The van der Waals surface area contributed by atoms with Crippen molar-refractivity contribution < 1.29 is 0 Å². The summed E-state index contributed by atoms with van der Waals surface area (Å²) >= 11 is 1.94. The van der Waals surface area contributed by atoms with Crippen LogP contribution in [-0.2, 0) is 0 Å². The lowest BCUT2D eigenvalue weighted by Gasteiger charge is -2.11. The third-order valence-electron chi connectivity index (χ3n) is 2.18. The van der Waals surface area contributed by atoms with E-state index in [1.165, 1.54) is 5.75 Å². The standard InChI is InChI=1S/C7H13N5S/c1-5(8)7-9-10-11-12(7)6-2-3-13-4-6/h5-6H,2-4,8H2,1H3. The van der Waals surface area contributed by atoms with E-state index in [0.29, 0.717) is 6.04 Å². The number of aromatic nitrogens is 4. The van der Waals surface area contributed by atoms with Gasteiger partial charge in [0.05, 0.1) is 12.1 Å². The first-order valence-corrected chi connectivity index (χ1v) is 5.55. The summed E-state index contributed by atoms with van der Waals surface area (Å²) in [5.74, 6) is 3.10. The normalized spacial score (nSPS) is 24.9. The molecule has 1 aromatic heterocycles. The van der Waals surface area contributed by atoms with Gasteiger partial charge in [0.1, 0.15) is 0 Å². The molecule has 0 bridgehead atoms. The van der Waals surface area contributed by atoms with Gasteiger partial charge in [-0.1, -0.05) is 0 Å². The second-order valence-corrected chi connectivity index (χ2v) is 4.44. The van der Waals surface area contributed by atoms with Gasteiger partial charge in [0.2, 0.25) is 0 Å². The number of rotatable bonds is 2. The summed E-state index contributed by atoms with van der Waals surface area (Å²) in [6.07, 6.45) is 1.15. The van der Waals surface area contributed by atoms with Crippen LogP contribution in [0.2, 0.25) is 0 Å². The Kier molecular flexibility index (Phi) is 2.50. The monoisotopic (exact) mass is 199 g/mol. The van der Waals surface area contributed by atoms with E-state index < -0.39 is 0 Å². The molecule has 1 fully saturated rings. The molecule has 2 atom stereocenters. The number of nitrogens with zero attached hydrogens (tertiary/aromatic N) is 4. The molecular formula is C7H13N5S. The van der Waals surface area contributed by atoms with E-state index >= 15 is 0 Å². The van der Waals surface area contributed by atoms with E-state index in [9.17, 15) is 0 Å². The van der Waals surface area contributed by atoms with Gasteiger partial charge >= 0.3 is 0 Å². The van der Waals surface area contributed by atoms with Gasteiger partial charge in [0.15, 0.2) is 5.82 Å². The highest BCUT2D eigenvalue weighted by Crippen LogP contribution is 2.28. The van der Waals surface area contributed by atoms with Gasteiger partial charge in [-0.3, -0.25) is 0 Å². The Balaban J connectivity index is 2.23. The van der Waals surface area contributed by atoms with E-state index in [1.54, 1.807) is 0 Å². The van der Waals surface area contributed by atoms with Crippen LogP contribution in [0.5, 0.6) is 0 Å². The summed E-state index contributed by atoms with van der Waals surface area (Å²) in [7, 11) is 0. The van der Waals surface area contributed by atoms with Crippen LogP contribution >= 0.6 is 11.8 Å². The predicted octanol–water partition coefficient (Wildman–Crippen LogP) is 0.371. The number of thioether (sulfide) groups is 1. The largest absolute Gasteiger partial charge is 0.322 e. The molecule has 2 rings (SSSR count). The molecule has 2 heterocycles. The summed E-state index contributed by atoms with van der Waals surface area (Å²) in [6, 6.07) is 0.363. The van der Waals surface area contributed by atoms with Gasteiger partial charge in [0, 0.05) is 5.75 Å². The Morgan fingerprint density at radius 1 is 1.69 bits per heavy atom. The predicted molar refractivity (Wildman–Crippen MR) is 51.4 cm³/mol. The molecule has 2 N–H and O–H groups in total. The van der Waals surface area contributed by atoms with Crippen LogP contribution in [0.25, 0.3) is 0 Å². The molecular weight excluding hydrogens is 186 g/mol. The van der Waals surface area contributed by atoms with E-state index in [0.717, 1.165) is 18.0 Å². The molecule has 5 nitrogen and oxygen atoms in total. The van der Waals surface area contributed by atoms with Crippen LogP contribution in [0.1, 0.15) is 31.3 Å². The first-order valence-electron chi connectivity index (χ1n) is 4.40. The Morgan fingerprint density at radius 2 is 2.54 bits per heavy atom. The van der Waals surface area contributed by atoms with Crippen molar-refractivity contribution >= 4 is 11.8 Å². The highest BCUT2D eigenvalue weighted by Gasteiger charge is 2.22. The highest BCUT2D eigenvalue weighted by molar-refractivity contribution is 7.99. The summed E-state index contributed by atoms with van der Waals surface area (Å²) in [6.45, 7) is 1.91. The van der Waals surface area contributed by atoms with Crippen LogP contribution in [0, 0.1) is 0 Å². The molecule has 0 spiro atoms. The van der Waals surface area contributed by atoms with Crippen LogP contribution < -0.4 is 5.73 Å². The quantitative estimate of drug-likeness (QED) is 0.745. The van der Waals surface area contributed by atoms with E-state index in [-0.39, 0.29) is 6.04 Å². The van der Waals surface area contributed by atoms with Crippen molar-refractivity contribution in [3.05, 3.63) is 5.82 Å². The third-order valence-corrected chi connectivity index (χ3v) is 3.32. The fourth-order valence-electron chi connectivity index (χ4n) is 1.48. The molecule has 0 saturated carbocycles. The number of hydrogen-bond acceptors (Lipinski definition) is 5. The van der Waals surface area contributed by atoms with Crippen LogP contribution in [0.4, 0.5) is 0 Å². The fraction of sp³-hybridized carbons (Fsp3) is 0.857. The minimum atomic E-state index is -0.0828. The summed E-state index contributed by atoms with van der Waals surface area (Å²) < 4.78 is 1.88. The molecule has 0 amide bonds. The topological polar surface area (TPSA) is 69.6 Å².